The molecule has 0 aromatic heterocycles. The van der Waals surface area contributed by atoms with Crippen molar-refractivity contribution in [3.05, 3.63) is 39.9 Å². The van der Waals surface area contributed by atoms with Gasteiger partial charge in [-0.25, -0.2) is 0 Å². The minimum absolute atomic E-state index is 0.220. The maximum atomic E-state index is 12.1. The molecule has 3 nitrogen and oxygen atoms in total. The molecule has 1 fully saturated rings. The van der Waals surface area contributed by atoms with Crippen molar-refractivity contribution in [2.24, 2.45) is 0 Å². The summed E-state index contributed by atoms with van der Waals surface area (Å²) < 4.78 is 0. The molecule has 1 aromatic carbocycles. The molecule has 0 N–H and O–H groups in total. The normalized spacial score (nSPS) is 16.5. The summed E-state index contributed by atoms with van der Waals surface area (Å²) in [5, 5.41) is 10.2. The Morgan fingerprint density at radius 2 is 2.00 bits per heavy atom. The first-order valence-corrected chi connectivity index (χ1v) is 7.07. The van der Waals surface area contributed by atoms with Gasteiger partial charge in [-0.15, -0.1) is 0 Å². The highest BCUT2D eigenvalue weighted by molar-refractivity contribution is 6.37. The Bertz CT molecular complexity index is 580. The molecule has 104 valence electrons. The molecule has 0 saturated heterocycles. The second kappa shape index (κ2) is 5.87. The molecule has 1 saturated carbocycles. The third-order valence-electron chi connectivity index (χ3n) is 3.75. The zero-order chi connectivity index (χ0) is 14.8. The number of benzene rings is 1. The SMILES string of the molecule is CN(C(=O)/C=C/c1c(Cl)cccc1Cl)C1(C#N)CCC1. The Labute approximate surface area is 128 Å². The molecule has 0 unspecified atom stereocenters. The summed E-state index contributed by atoms with van der Waals surface area (Å²) in [5.41, 5.74) is -0.0386. The van der Waals surface area contributed by atoms with E-state index in [1.807, 2.05) is 0 Å². The van der Waals surface area contributed by atoms with Crippen LogP contribution in [0.3, 0.4) is 0 Å². The standard InChI is InChI=1S/C15H14Cl2N2O/c1-19(15(10-18)8-3-9-15)14(20)7-6-11-12(16)4-2-5-13(11)17/h2,4-7H,3,8-9H2,1H3/b7-6+. The molecule has 1 aliphatic rings. The first-order valence-electron chi connectivity index (χ1n) is 6.31. The van der Waals surface area contributed by atoms with Crippen molar-refractivity contribution >= 4 is 35.2 Å². The predicted octanol–water partition coefficient (Wildman–Crippen LogP) is 3.91. The Morgan fingerprint density at radius 3 is 2.45 bits per heavy atom. The molecule has 20 heavy (non-hydrogen) atoms. The van der Waals surface area contributed by atoms with Crippen LogP contribution in [-0.2, 0) is 4.79 Å². The zero-order valence-electron chi connectivity index (χ0n) is 11.1. The van der Waals surface area contributed by atoms with Crippen LogP contribution in [0.25, 0.3) is 6.08 Å². The summed E-state index contributed by atoms with van der Waals surface area (Å²) >= 11 is 12.1. The molecule has 0 bridgehead atoms. The van der Waals surface area contributed by atoms with Gasteiger partial charge in [0, 0.05) is 28.7 Å². The maximum absolute atomic E-state index is 12.1. The number of likely N-dealkylation sites (N-methyl/N-ethyl adjacent to an activating group) is 1. The summed E-state index contributed by atoms with van der Waals surface area (Å²) in [5.74, 6) is -0.220. The summed E-state index contributed by atoms with van der Waals surface area (Å²) in [6.07, 6.45) is 5.43. The van der Waals surface area contributed by atoms with Crippen LogP contribution in [0.1, 0.15) is 24.8 Å². The van der Waals surface area contributed by atoms with Gasteiger partial charge >= 0.3 is 0 Å². The molecule has 0 atom stereocenters. The van der Waals surface area contributed by atoms with Crippen LogP contribution in [-0.4, -0.2) is 23.4 Å². The highest BCUT2D eigenvalue weighted by Crippen LogP contribution is 2.36. The number of hydrogen-bond acceptors (Lipinski definition) is 2. The molecular weight excluding hydrogens is 295 g/mol. The largest absolute Gasteiger partial charge is 0.323 e. The number of nitriles is 1. The van der Waals surface area contributed by atoms with E-state index < -0.39 is 5.54 Å². The van der Waals surface area contributed by atoms with Crippen LogP contribution in [0.4, 0.5) is 0 Å². The molecule has 0 spiro atoms. The van der Waals surface area contributed by atoms with Crippen LogP contribution < -0.4 is 0 Å². The van der Waals surface area contributed by atoms with Crippen molar-refractivity contribution in [3.63, 3.8) is 0 Å². The molecule has 2 rings (SSSR count). The van der Waals surface area contributed by atoms with Crippen molar-refractivity contribution in [3.8, 4) is 6.07 Å². The molecule has 0 aliphatic heterocycles. The highest BCUT2D eigenvalue weighted by atomic mass is 35.5. The molecule has 1 aliphatic carbocycles. The van der Waals surface area contributed by atoms with Crippen molar-refractivity contribution in [1.29, 1.82) is 5.26 Å². The lowest BCUT2D eigenvalue weighted by Gasteiger charge is -2.42. The number of amides is 1. The first-order chi connectivity index (χ1) is 9.50. The van der Waals surface area contributed by atoms with Crippen LogP contribution >= 0.6 is 23.2 Å². The summed E-state index contributed by atoms with van der Waals surface area (Å²) in [7, 11) is 1.66. The minimum Gasteiger partial charge on any atom is -0.323 e. The van der Waals surface area contributed by atoms with Gasteiger partial charge in [-0.05, 0) is 37.5 Å². The topological polar surface area (TPSA) is 44.1 Å². The van der Waals surface area contributed by atoms with Crippen LogP contribution in [0.2, 0.25) is 10.0 Å². The molecule has 0 heterocycles. The molecule has 0 radical (unpaired) electrons. The predicted molar refractivity (Wildman–Crippen MR) is 80.5 cm³/mol. The van der Waals surface area contributed by atoms with E-state index in [1.54, 1.807) is 31.3 Å². The van der Waals surface area contributed by atoms with E-state index in [0.717, 1.165) is 19.3 Å². The third-order valence-corrected chi connectivity index (χ3v) is 4.41. The monoisotopic (exact) mass is 308 g/mol. The average Bonchev–Trinajstić information content (AvgIpc) is 2.37. The number of hydrogen-bond donors (Lipinski definition) is 0. The van der Waals surface area contributed by atoms with E-state index in [2.05, 4.69) is 6.07 Å². The van der Waals surface area contributed by atoms with E-state index in [9.17, 15) is 10.1 Å². The second-order valence-corrected chi connectivity index (χ2v) is 5.68. The van der Waals surface area contributed by atoms with Gasteiger partial charge in [-0.3, -0.25) is 4.79 Å². The van der Waals surface area contributed by atoms with Crippen molar-refractivity contribution in [1.82, 2.24) is 4.90 Å². The van der Waals surface area contributed by atoms with E-state index in [1.165, 1.54) is 11.0 Å². The van der Waals surface area contributed by atoms with Gasteiger partial charge in [0.05, 0.1) is 6.07 Å². The second-order valence-electron chi connectivity index (χ2n) is 4.86. The van der Waals surface area contributed by atoms with Crippen molar-refractivity contribution in [2.75, 3.05) is 7.05 Å². The smallest absolute Gasteiger partial charge is 0.247 e. The number of halogens is 2. The number of carbonyl (C=O) groups is 1. The number of carbonyl (C=O) groups excluding carboxylic acids is 1. The lowest BCUT2D eigenvalue weighted by Crippen LogP contribution is -2.52. The lowest BCUT2D eigenvalue weighted by atomic mass is 9.76. The Balaban J connectivity index is 2.16. The Kier molecular flexibility index (Phi) is 4.37. The van der Waals surface area contributed by atoms with E-state index >= 15 is 0 Å². The van der Waals surface area contributed by atoms with Crippen molar-refractivity contribution < 1.29 is 4.79 Å². The third kappa shape index (κ3) is 2.67. The summed E-state index contributed by atoms with van der Waals surface area (Å²) in [6.45, 7) is 0. The molecule has 1 amide bonds. The fourth-order valence-corrected chi connectivity index (χ4v) is 2.70. The molecule has 1 aromatic rings. The molecule has 5 heteroatoms. The van der Waals surface area contributed by atoms with Gasteiger partial charge in [0.25, 0.3) is 0 Å². The van der Waals surface area contributed by atoms with Gasteiger partial charge in [0.2, 0.25) is 5.91 Å². The Hall–Kier alpha value is -1.50. The fourth-order valence-electron chi connectivity index (χ4n) is 2.18. The van der Waals surface area contributed by atoms with Gasteiger partial charge in [0.15, 0.2) is 0 Å². The molecular formula is C15H14Cl2N2O. The van der Waals surface area contributed by atoms with E-state index in [0.29, 0.717) is 15.6 Å². The first kappa shape index (κ1) is 14.9. The van der Waals surface area contributed by atoms with Crippen LogP contribution in [0.15, 0.2) is 24.3 Å². The zero-order valence-corrected chi connectivity index (χ0v) is 12.6. The number of nitrogens with zero attached hydrogens (tertiary/aromatic N) is 2. The van der Waals surface area contributed by atoms with E-state index in [-0.39, 0.29) is 5.91 Å². The van der Waals surface area contributed by atoms with Gasteiger partial charge in [-0.1, -0.05) is 29.3 Å². The van der Waals surface area contributed by atoms with Crippen molar-refractivity contribution in [2.45, 2.75) is 24.8 Å². The van der Waals surface area contributed by atoms with Crippen LogP contribution in [0.5, 0.6) is 0 Å². The van der Waals surface area contributed by atoms with E-state index in [4.69, 9.17) is 23.2 Å². The fraction of sp³-hybridized carbons (Fsp3) is 0.333. The summed E-state index contributed by atoms with van der Waals surface area (Å²) in [6, 6.07) is 7.41. The number of rotatable bonds is 3. The van der Waals surface area contributed by atoms with Gasteiger partial charge in [-0.2, -0.15) is 5.26 Å². The Morgan fingerprint density at radius 1 is 1.40 bits per heavy atom. The van der Waals surface area contributed by atoms with Gasteiger partial charge in [0.1, 0.15) is 5.54 Å². The maximum Gasteiger partial charge on any atom is 0.247 e. The highest BCUT2D eigenvalue weighted by Gasteiger charge is 2.42. The van der Waals surface area contributed by atoms with Crippen LogP contribution in [0, 0.1) is 11.3 Å². The summed E-state index contributed by atoms with van der Waals surface area (Å²) in [4.78, 5) is 13.6. The quantitative estimate of drug-likeness (QED) is 0.795. The van der Waals surface area contributed by atoms with Gasteiger partial charge < -0.3 is 4.90 Å². The minimum atomic E-state index is -0.647. The average molecular weight is 309 g/mol. The lowest BCUT2D eigenvalue weighted by molar-refractivity contribution is -0.130.